The molecule has 0 unspecified atom stereocenters. The van der Waals surface area contributed by atoms with Crippen molar-refractivity contribution in [1.82, 2.24) is 5.01 Å². The summed E-state index contributed by atoms with van der Waals surface area (Å²) < 4.78 is 12.7. The van der Waals surface area contributed by atoms with Crippen LogP contribution in [0.5, 0.6) is 11.5 Å². The second-order valence-electron chi connectivity index (χ2n) is 7.69. The van der Waals surface area contributed by atoms with Crippen LogP contribution in [0.2, 0.25) is 0 Å². The molecule has 2 aromatic rings. The summed E-state index contributed by atoms with van der Waals surface area (Å²) in [4.78, 5) is 0. The second-order valence-corrected chi connectivity index (χ2v) is 7.69. The third kappa shape index (κ3) is 2.70. The molecule has 0 saturated heterocycles. The van der Waals surface area contributed by atoms with Gasteiger partial charge in [0.15, 0.2) is 17.2 Å². The molecule has 1 atom stereocenters. The van der Waals surface area contributed by atoms with Gasteiger partial charge >= 0.3 is 0 Å². The molecule has 0 N–H and O–H groups in total. The van der Waals surface area contributed by atoms with E-state index in [1.807, 2.05) is 13.0 Å². The molecule has 0 aromatic heterocycles. The van der Waals surface area contributed by atoms with Crippen molar-refractivity contribution in [1.29, 1.82) is 0 Å². The van der Waals surface area contributed by atoms with Crippen molar-refractivity contribution < 1.29 is 9.47 Å². The van der Waals surface area contributed by atoms with Crippen LogP contribution in [0.15, 0.2) is 53.6 Å². The Morgan fingerprint density at radius 1 is 1.07 bits per heavy atom. The first kappa shape index (κ1) is 16.7. The largest absolute Gasteiger partial charge is 0.490 e. The summed E-state index contributed by atoms with van der Waals surface area (Å²) >= 11 is 0. The van der Waals surface area contributed by atoms with E-state index in [0.717, 1.165) is 36.5 Å². The van der Waals surface area contributed by atoms with E-state index in [1.165, 1.54) is 30.4 Å². The van der Waals surface area contributed by atoms with E-state index in [-0.39, 0.29) is 11.8 Å². The molecule has 2 heterocycles. The molecule has 27 heavy (non-hydrogen) atoms. The van der Waals surface area contributed by atoms with Gasteiger partial charge in [0.1, 0.15) is 0 Å². The molecule has 0 bridgehead atoms. The average molecular weight is 362 g/mol. The van der Waals surface area contributed by atoms with Gasteiger partial charge in [-0.1, -0.05) is 48.9 Å². The molecule has 5 rings (SSSR count). The zero-order chi connectivity index (χ0) is 18.3. The standard InChI is InChI=1S/C23H26N2O2/c1-2-26-21-13-9-12-18-20-16-19(17-10-5-3-6-11-17)24-25(20)23(27-22(18)21)14-7-4-8-15-23/h3,5-6,9-13,20H,2,4,7-8,14-16H2,1H3/t20-/m1/s1. The lowest BCUT2D eigenvalue weighted by Crippen LogP contribution is -2.54. The van der Waals surface area contributed by atoms with Gasteiger partial charge in [-0.15, -0.1) is 0 Å². The van der Waals surface area contributed by atoms with E-state index in [0.29, 0.717) is 6.61 Å². The third-order valence-electron chi connectivity index (χ3n) is 6.03. The molecule has 1 saturated carbocycles. The first-order valence-corrected chi connectivity index (χ1v) is 10.2. The molecule has 1 aliphatic carbocycles. The van der Waals surface area contributed by atoms with Crippen molar-refractivity contribution >= 4 is 5.71 Å². The van der Waals surface area contributed by atoms with Gasteiger partial charge in [-0.05, 0) is 31.4 Å². The monoisotopic (exact) mass is 362 g/mol. The van der Waals surface area contributed by atoms with Gasteiger partial charge in [0, 0.05) is 24.8 Å². The minimum Gasteiger partial charge on any atom is -0.490 e. The zero-order valence-electron chi connectivity index (χ0n) is 15.9. The van der Waals surface area contributed by atoms with E-state index in [9.17, 15) is 0 Å². The Bertz CT molecular complexity index is 856. The van der Waals surface area contributed by atoms with Crippen molar-refractivity contribution in [3.8, 4) is 11.5 Å². The van der Waals surface area contributed by atoms with Crippen LogP contribution in [0.3, 0.4) is 0 Å². The second kappa shape index (κ2) is 6.59. The Morgan fingerprint density at radius 3 is 2.67 bits per heavy atom. The van der Waals surface area contributed by atoms with Crippen molar-refractivity contribution in [3.05, 3.63) is 59.7 Å². The predicted octanol–water partition coefficient (Wildman–Crippen LogP) is 5.29. The number of hydrogen-bond acceptors (Lipinski definition) is 4. The first-order chi connectivity index (χ1) is 13.3. The summed E-state index contributed by atoms with van der Waals surface area (Å²) in [6, 6.07) is 17.0. The smallest absolute Gasteiger partial charge is 0.198 e. The van der Waals surface area contributed by atoms with Crippen LogP contribution in [0.4, 0.5) is 0 Å². The highest BCUT2D eigenvalue weighted by molar-refractivity contribution is 6.02. The van der Waals surface area contributed by atoms with Gasteiger partial charge < -0.3 is 9.47 Å². The molecule has 4 nitrogen and oxygen atoms in total. The first-order valence-electron chi connectivity index (χ1n) is 10.2. The summed E-state index contributed by atoms with van der Waals surface area (Å²) in [5.41, 5.74) is 3.23. The normalized spacial score (nSPS) is 22.6. The van der Waals surface area contributed by atoms with Crippen molar-refractivity contribution in [2.24, 2.45) is 5.10 Å². The van der Waals surface area contributed by atoms with E-state index in [2.05, 4.69) is 47.5 Å². The fourth-order valence-electron chi connectivity index (χ4n) is 4.78. The van der Waals surface area contributed by atoms with Crippen molar-refractivity contribution in [3.63, 3.8) is 0 Å². The number of hydrogen-bond donors (Lipinski definition) is 0. The predicted molar refractivity (Wildman–Crippen MR) is 106 cm³/mol. The molecule has 3 aliphatic rings. The molecule has 4 heteroatoms. The number of ether oxygens (including phenoxy) is 2. The van der Waals surface area contributed by atoms with Gasteiger partial charge in [0.25, 0.3) is 0 Å². The summed E-state index contributed by atoms with van der Waals surface area (Å²) in [5.74, 6) is 1.81. The molecule has 1 fully saturated rings. The van der Waals surface area contributed by atoms with Crippen LogP contribution in [0.1, 0.15) is 62.6 Å². The molecule has 1 spiro atoms. The number of para-hydroxylation sites is 1. The SMILES string of the molecule is CCOc1cccc2c1OC1(CCCCC1)N1N=C(c3ccccc3)C[C@H]21. The van der Waals surface area contributed by atoms with E-state index in [1.54, 1.807) is 0 Å². The lowest BCUT2D eigenvalue weighted by atomic mass is 9.86. The quantitative estimate of drug-likeness (QED) is 0.744. The van der Waals surface area contributed by atoms with E-state index < -0.39 is 0 Å². The fraction of sp³-hybridized carbons (Fsp3) is 0.435. The maximum Gasteiger partial charge on any atom is 0.198 e. The maximum absolute atomic E-state index is 6.74. The van der Waals surface area contributed by atoms with Gasteiger partial charge in [0.05, 0.1) is 18.4 Å². The Balaban J connectivity index is 1.61. The molecule has 0 radical (unpaired) electrons. The molecule has 2 aromatic carbocycles. The van der Waals surface area contributed by atoms with Crippen molar-refractivity contribution in [2.45, 2.75) is 57.2 Å². The van der Waals surface area contributed by atoms with Crippen LogP contribution in [0.25, 0.3) is 0 Å². The van der Waals surface area contributed by atoms with Crippen LogP contribution < -0.4 is 9.47 Å². The highest BCUT2D eigenvalue weighted by atomic mass is 16.6. The topological polar surface area (TPSA) is 34.1 Å². The number of rotatable bonds is 3. The van der Waals surface area contributed by atoms with Gasteiger partial charge in [-0.3, -0.25) is 0 Å². The highest BCUT2D eigenvalue weighted by Gasteiger charge is 2.51. The average Bonchev–Trinajstić information content (AvgIpc) is 3.17. The van der Waals surface area contributed by atoms with Crippen molar-refractivity contribution in [2.75, 3.05) is 6.61 Å². The molecular formula is C23H26N2O2. The number of hydrazone groups is 1. The fourth-order valence-corrected chi connectivity index (χ4v) is 4.78. The minimum atomic E-state index is -0.334. The van der Waals surface area contributed by atoms with Crippen LogP contribution in [-0.4, -0.2) is 23.1 Å². The zero-order valence-corrected chi connectivity index (χ0v) is 15.9. The maximum atomic E-state index is 6.74. The van der Waals surface area contributed by atoms with E-state index >= 15 is 0 Å². The van der Waals surface area contributed by atoms with Crippen LogP contribution >= 0.6 is 0 Å². The highest BCUT2D eigenvalue weighted by Crippen LogP contribution is 2.53. The number of fused-ring (bicyclic) bond motifs is 4. The summed E-state index contributed by atoms with van der Waals surface area (Å²) in [6.07, 6.45) is 6.61. The molecule has 2 aliphatic heterocycles. The number of nitrogens with zero attached hydrogens (tertiary/aromatic N) is 2. The van der Waals surface area contributed by atoms with Crippen LogP contribution in [0, 0.1) is 0 Å². The Kier molecular flexibility index (Phi) is 4.07. The Morgan fingerprint density at radius 2 is 1.89 bits per heavy atom. The van der Waals surface area contributed by atoms with Gasteiger partial charge in [-0.25, -0.2) is 5.01 Å². The Labute approximate surface area is 160 Å². The van der Waals surface area contributed by atoms with Gasteiger partial charge in [-0.2, -0.15) is 5.10 Å². The minimum absolute atomic E-state index is 0.225. The molecular weight excluding hydrogens is 336 g/mol. The van der Waals surface area contributed by atoms with Gasteiger partial charge in [0.2, 0.25) is 0 Å². The lowest BCUT2D eigenvalue weighted by Gasteiger charge is -2.49. The van der Waals surface area contributed by atoms with E-state index in [4.69, 9.17) is 14.6 Å². The summed E-state index contributed by atoms with van der Waals surface area (Å²) in [7, 11) is 0. The summed E-state index contributed by atoms with van der Waals surface area (Å²) in [5, 5.41) is 7.40. The Hall–Kier alpha value is -2.49. The molecule has 0 amide bonds. The summed E-state index contributed by atoms with van der Waals surface area (Å²) in [6.45, 7) is 2.67. The molecule has 140 valence electrons. The van der Waals surface area contributed by atoms with Crippen LogP contribution in [-0.2, 0) is 0 Å². The third-order valence-corrected chi connectivity index (χ3v) is 6.03. The number of benzene rings is 2. The lowest BCUT2D eigenvalue weighted by molar-refractivity contribution is -0.141.